The van der Waals surface area contributed by atoms with Gasteiger partial charge >= 0.3 is 0 Å². The molecule has 1 rings (SSSR count). The molecule has 0 bridgehead atoms. The number of aliphatic imine (C=N–C) groups is 1. The molecule has 1 fully saturated rings. The summed E-state index contributed by atoms with van der Waals surface area (Å²) in [6, 6.07) is 0.539. The van der Waals surface area contributed by atoms with Crippen LogP contribution < -0.4 is 10.6 Å². The van der Waals surface area contributed by atoms with Gasteiger partial charge in [0, 0.05) is 39.4 Å². The second-order valence-corrected chi connectivity index (χ2v) is 7.00. The molecular weight excluding hydrogens is 443 g/mol. The Labute approximate surface area is 177 Å². The zero-order chi connectivity index (χ0) is 18.5. The van der Waals surface area contributed by atoms with Crippen molar-refractivity contribution < 1.29 is 9.47 Å². The third-order valence-electron chi connectivity index (χ3n) is 4.73. The van der Waals surface area contributed by atoms with Crippen LogP contribution in [0.1, 0.15) is 47.0 Å². The molecule has 0 aliphatic carbocycles. The number of nitrogens with one attached hydrogen (secondary N) is 2. The van der Waals surface area contributed by atoms with Crippen LogP contribution in [0.25, 0.3) is 0 Å². The number of ether oxygens (including phenoxy) is 2. The Balaban J connectivity index is 0.00000625. The lowest BCUT2D eigenvalue weighted by Crippen LogP contribution is -2.41. The molecule has 0 amide bonds. The van der Waals surface area contributed by atoms with Gasteiger partial charge in [0.1, 0.15) is 0 Å². The van der Waals surface area contributed by atoms with E-state index in [-0.39, 0.29) is 24.0 Å². The highest BCUT2D eigenvalue weighted by Crippen LogP contribution is 2.16. The summed E-state index contributed by atoms with van der Waals surface area (Å²) in [7, 11) is 1.77. The van der Waals surface area contributed by atoms with Gasteiger partial charge in [-0.2, -0.15) is 0 Å². The summed E-state index contributed by atoms with van der Waals surface area (Å²) in [4.78, 5) is 7.31. The van der Waals surface area contributed by atoms with Gasteiger partial charge in [0.15, 0.2) is 5.96 Å². The summed E-state index contributed by atoms with van der Waals surface area (Å²) in [5.41, 5.74) is 0. The SMILES string of the molecule is CCNC(=NCC1CCCN1CCOC)NCCC(OCC)C(C)C.I. The number of hydrogen-bond acceptors (Lipinski definition) is 4. The minimum absolute atomic E-state index is 0. The van der Waals surface area contributed by atoms with Crippen molar-refractivity contribution >= 4 is 29.9 Å². The molecule has 0 spiro atoms. The van der Waals surface area contributed by atoms with Crippen molar-refractivity contribution in [3.05, 3.63) is 0 Å². The fraction of sp³-hybridized carbons (Fsp3) is 0.947. The van der Waals surface area contributed by atoms with Gasteiger partial charge < -0.3 is 20.1 Å². The quantitative estimate of drug-likeness (QED) is 0.254. The van der Waals surface area contributed by atoms with Crippen molar-refractivity contribution in [2.24, 2.45) is 10.9 Å². The molecule has 1 aliphatic heterocycles. The molecule has 2 N–H and O–H groups in total. The van der Waals surface area contributed by atoms with E-state index < -0.39 is 0 Å². The first-order valence-electron chi connectivity index (χ1n) is 9.99. The number of nitrogens with zero attached hydrogens (tertiary/aromatic N) is 2. The Morgan fingerprint density at radius 3 is 2.65 bits per heavy atom. The predicted molar refractivity (Wildman–Crippen MR) is 121 cm³/mol. The number of halogens is 1. The number of rotatable bonds is 12. The second-order valence-electron chi connectivity index (χ2n) is 7.00. The lowest BCUT2D eigenvalue weighted by atomic mass is 10.0. The first-order chi connectivity index (χ1) is 12.1. The highest BCUT2D eigenvalue weighted by molar-refractivity contribution is 14.0. The summed E-state index contributed by atoms with van der Waals surface area (Å²) in [6.45, 7) is 14.9. The third-order valence-corrected chi connectivity index (χ3v) is 4.73. The Kier molecular flexibility index (Phi) is 15.8. The number of guanidine groups is 1. The first kappa shape index (κ1) is 25.9. The van der Waals surface area contributed by atoms with Crippen LogP contribution in [0.5, 0.6) is 0 Å². The van der Waals surface area contributed by atoms with E-state index in [9.17, 15) is 0 Å². The first-order valence-corrected chi connectivity index (χ1v) is 9.99. The monoisotopic (exact) mass is 484 g/mol. The summed E-state index contributed by atoms with van der Waals surface area (Å²) in [6.07, 6.45) is 3.80. The average molecular weight is 484 g/mol. The molecule has 2 atom stereocenters. The van der Waals surface area contributed by atoms with Crippen LogP contribution in [0.4, 0.5) is 0 Å². The van der Waals surface area contributed by atoms with Gasteiger partial charge in [0.25, 0.3) is 0 Å². The Morgan fingerprint density at radius 1 is 1.27 bits per heavy atom. The lowest BCUT2D eigenvalue weighted by Gasteiger charge is -2.23. The zero-order valence-electron chi connectivity index (χ0n) is 17.4. The predicted octanol–water partition coefficient (Wildman–Crippen LogP) is 2.72. The van der Waals surface area contributed by atoms with E-state index in [0.717, 1.165) is 58.3 Å². The van der Waals surface area contributed by atoms with Gasteiger partial charge in [0.05, 0.1) is 19.3 Å². The van der Waals surface area contributed by atoms with Crippen LogP contribution in [0.2, 0.25) is 0 Å². The van der Waals surface area contributed by atoms with Crippen molar-refractivity contribution in [1.29, 1.82) is 0 Å². The second kappa shape index (κ2) is 15.9. The van der Waals surface area contributed by atoms with Gasteiger partial charge in [0.2, 0.25) is 0 Å². The molecule has 156 valence electrons. The molecule has 0 aromatic carbocycles. The van der Waals surface area contributed by atoms with Crippen molar-refractivity contribution in [3.63, 3.8) is 0 Å². The van der Waals surface area contributed by atoms with Crippen LogP contribution in [-0.2, 0) is 9.47 Å². The molecular formula is C19H41IN4O2. The molecule has 1 saturated heterocycles. The van der Waals surface area contributed by atoms with E-state index in [4.69, 9.17) is 14.5 Å². The average Bonchev–Trinajstić information content (AvgIpc) is 3.04. The van der Waals surface area contributed by atoms with E-state index >= 15 is 0 Å². The molecule has 0 radical (unpaired) electrons. The maximum absolute atomic E-state index is 5.82. The standard InChI is InChI=1S/C19H40N4O2.HI/c1-6-20-19(21-11-10-18(16(3)4)25-7-2)22-15-17-9-8-12-23(17)13-14-24-5;/h16-18H,6-15H2,1-5H3,(H2,20,21,22);1H. The number of likely N-dealkylation sites (tertiary alicyclic amines) is 1. The molecule has 2 unspecified atom stereocenters. The summed E-state index contributed by atoms with van der Waals surface area (Å²) >= 11 is 0. The van der Waals surface area contributed by atoms with Gasteiger partial charge in [-0.15, -0.1) is 24.0 Å². The molecule has 7 heteroatoms. The van der Waals surface area contributed by atoms with E-state index in [0.29, 0.717) is 18.1 Å². The number of hydrogen-bond donors (Lipinski definition) is 2. The topological polar surface area (TPSA) is 58.1 Å². The van der Waals surface area contributed by atoms with E-state index in [2.05, 4.69) is 43.2 Å². The van der Waals surface area contributed by atoms with Crippen LogP contribution >= 0.6 is 24.0 Å². The van der Waals surface area contributed by atoms with Gasteiger partial charge in [-0.25, -0.2) is 0 Å². The number of methoxy groups -OCH3 is 1. The van der Waals surface area contributed by atoms with Gasteiger partial charge in [-0.1, -0.05) is 13.8 Å². The lowest BCUT2D eigenvalue weighted by molar-refractivity contribution is 0.0258. The molecule has 1 heterocycles. The Bertz CT molecular complexity index is 369. The summed E-state index contributed by atoms with van der Waals surface area (Å²) < 4.78 is 11.0. The largest absolute Gasteiger partial charge is 0.383 e. The highest BCUT2D eigenvalue weighted by atomic mass is 127. The maximum Gasteiger partial charge on any atom is 0.191 e. The van der Waals surface area contributed by atoms with E-state index in [1.54, 1.807) is 7.11 Å². The molecule has 0 aromatic rings. The van der Waals surface area contributed by atoms with E-state index in [1.807, 2.05) is 0 Å². The highest BCUT2D eigenvalue weighted by Gasteiger charge is 2.23. The molecule has 0 saturated carbocycles. The maximum atomic E-state index is 5.82. The van der Waals surface area contributed by atoms with Crippen LogP contribution in [0.3, 0.4) is 0 Å². The normalized spacial score (nSPS) is 19.5. The van der Waals surface area contributed by atoms with Crippen LogP contribution in [0, 0.1) is 5.92 Å². The fourth-order valence-corrected chi connectivity index (χ4v) is 3.30. The summed E-state index contributed by atoms with van der Waals surface area (Å²) in [5.74, 6) is 1.45. The molecule has 1 aliphatic rings. The summed E-state index contributed by atoms with van der Waals surface area (Å²) in [5, 5.41) is 6.82. The minimum Gasteiger partial charge on any atom is -0.383 e. The molecule has 26 heavy (non-hydrogen) atoms. The van der Waals surface area contributed by atoms with Gasteiger partial charge in [-0.3, -0.25) is 9.89 Å². The third kappa shape index (κ3) is 10.3. The fourth-order valence-electron chi connectivity index (χ4n) is 3.30. The van der Waals surface area contributed by atoms with Crippen molar-refractivity contribution in [2.45, 2.75) is 59.1 Å². The van der Waals surface area contributed by atoms with Gasteiger partial charge in [-0.05, 0) is 45.6 Å². The van der Waals surface area contributed by atoms with Crippen LogP contribution in [-0.4, -0.2) is 76.1 Å². The minimum atomic E-state index is 0. The van der Waals surface area contributed by atoms with Crippen LogP contribution in [0.15, 0.2) is 4.99 Å². The van der Waals surface area contributed by atoms with Crippen molar-refractivity contribution in [3.8, 4) is 0 Å². The van der Waals surface area contributed by atoms with E-state index in [1.165, 1.54) is 12.8 Å². The molecule has 6 nitrogen and oxygen atoms in total. The Hall–Kier alpha value is -0.120. The Morgan fingerprint density at radius 2 is 2.04 bits per heavy atom. The zero-order valence-corrected chi connectivity index (χ0v) is 19.8. The van der Waals surface area contributed by atoms with Crippen molar-refractivity contribution in [2.75, 3.05) is 53.0 Å². The van der Waals surface area contributed by atoms with Crippen molar-refractivity contribution in [1.82, 2.24) is 15.5 Å². The smallest absolute Gasteiger partial charge is 0.191 e. The molecule has 0 aromatic heterocycles.